The number of aromatic nitrogens is 1. The summed E-state index contributed by atoms with van der Waals surface area (Å²) in [5.74, 6) is 1.04. The Balaban J connectivity index is 1.53. The number of nitrogens with zero attached hydrogens (tertiary/aromatic N) is 3. The molecule has 128 valence electrons. The Morgan fingerprint density at radius 2 is 2.32 bits per heavy atom. The second-order valence-electron chi connectivity index (χ2n) is 5.54. The highest BCUT2D eigenvalue weighted by Crippen LogP contribution is 2.35. The summed E-state index contributed by atoms with van der Waals surface area (Å²) in [5, 5.41) is 10.2. The minimum Gasteiger partial charge on any atom is -0.467 e. The van der Waals surface area contributed by atoms with E-state index in [-0.39, 0.29) is 11.9 Å². The van der Waals surface area contributed by atoms with E-state index in [1.165, 1.54) is 11.8 Å². The van der Waals surface area contributed by atoms with Gasteiger partial charge in [-0.15, -0.1) is 22.7 Å². The number of carbonyl (C=O) groups excluding carboxylic acids is 1. The zero-order valence-electron chi connectivity index (χ0n) is 13.4. The largest absolute Gasteiger partial charge is 0.467 e. The predicted molar refractivity (Wildman–Crippen MR) is 101 cm³/mol. The normalized spacial score (nSPS) is 17.1. The molecule has 0 aliphatic carbocycles. The van der Waals surface area contributed by atoms with Crippen molar-refractivity contribution in [3.63, 3.8) is 0 Å². The summed E-state index contributed by atoms with van der Waals surface area (Å²) < 4.78 is 6.45. The van der Waals surface area contributed by atoms with Crippen LogP contribution in [-0.2, 0) is 4.79 Å². The number of hydrazone groups is 1. The topological polar surface area (TPSA) is 58.7 Å². The van der Waals surface area contributed by atoms with E-state index in [1.807, 2.05) is 41.9 Å². The zero-order chi connectivity index (χ0) is 17.2. The van der Waals surface area contributed by atoms with Crippen LogP contribution in [0.3, 0.4) is 0 Å². The van der Waals surface area contributed by atoms with E-state index < -0.39 is 0 Å². The third-order valence-electron chi connectivity index (χ3n) is 3.76. The molecule has 1 aliphatic rings. The molecular formula is C17H15N3O2S3. The Bertz CT molecular complexity index is 884. The Hall–Kier alpha value is -1.90. The van der Waals surface area contributed by atoms with Crippen LogP contribution in [0.5, 0.6) is 0 Å². The Morgan fingerprint density at radius 3 is 3.00 bits per heavy atom. The lowest BCUT2D eigenvalue weighted by Crippen LogP contribution is -2.28. The van der Waals surface area contributed by atoms with Gasteiger partial charge in [-0.2, -0.15) is 5.10 Å². The SMILES string of the molecule is Cc1csc(SCC(=O)N2N=C(c3cccs3)CC2c2ccco2)n1. The van der Waals surface area contributed by atoms with Gasteiger partial charge in [-0.3, -0.25) is 4.79 Å². The lowest BCUT2D eigenvalue weighted by Gasteiger charge is -2.19. The minimum atomic E-state index is -0.182. The summed E-state index contributed by atoms with van der Waals surface area (Å²) in [6.45, 7) is 1.95. The minimum absolute atomic E-state index is 0.0363. The van der Waals surface area contributed by atoms with E-state index in [2.05, 4.69) is 10.1 Å². The molecule has 25 heavy (non-hydrogen) atoms. The molecule has 3 aromatic rings. The van der Waals surface area contributed by atoms with Crippen molar-refractivity contribution < 1.29 is 9.21 Å². The first kappa shape index (κ1) is 16.6. The molecule has 0 N–H and O–H groups in total. The maximum atomic E-state index is 12.8. The number of carbonyl (C=O) groups is 1. The van der Waals surface area contributed by atoms with Gasteiger partial charge in [-0.25, -0.2) is 9.99 Å². The number of aryl methyl sites for hydroxylation is 1. The van der Waals surface area contributed by atoms with Gasteiger partial charge < -0.3 is 4.42 Å². The quantitative estimate of drug-likeness (QED) is 0.600. The lowest BCUT2D eigenvalue weighted by molar-refractivity contribution is -0.130. The molecule has 1 amide bonds. The summed E-state index contributed by atoms with van der Waals surface area (Å²) in [4.78, 5) is 18.3. The first-order valence-electron chi connectivity index (χ1n) is 7.72. The Labute approximate surface area is 157 Å². The zero-order valence-corrected chi connectivity index (χ0v) is 15.9. The van der Waals surface area contributed by atoms with Crippen molar-refractivity contribution in [3.05, 3.63) is 57.6 Å². The molecule has 0 bridgehead atoms. The second kappa shape index (κ2) is 7.15. The highest BCUT2D eigenvalue weighted by atomic mass is 32.2. The number of thiophene rings is 1. The second-order valence-corrected chi connectivity index (χ2v) is 8.57. The summed E-state index contributed by atoms with van der Waals surface area (Å²) in [7, 11) is 0. The highest BCUT2D eigenvalue weighted by Gasteiger charge is 2.35. The van der Waals surface area contributed by atoms with Gasteiger partial charge in [0.1, 0.15) is 11.8 Å². The van der Waals surface area contributed by atoms with Gasteiger partial charge in [0.2, 0.25) is 0 Å². The van der Waals surface area contributed by atoms with Crippen LogP contribution in [-0.4, -0.2) is 27.4 Å². The van der Waals surface area contributed by atoms with E-state index in [1.54, 1.807) is 33.9 Å². The van der Waals surface area contributed by atoms with Crippen molar-refractivity contribution in [3.8, 4) is 0 Å². The van der Waals surface area contributed by atoms with Crippen molar-refractivity contribution in [1.29, 1.82) is 0 Å². The number of hydrogen-bond acceptors (Lipinski definition) is 7. The maximum Gasteiger partial charge on any atom is 0.253 e. The molecule has 5 nitrogen and oxygen atoms in total. The fourth-order valence-electron chi connectivity index (χ4n) is 2.62. The van der Waals surface area contributed by atoms with E-state index in [0.717, 1.165) is 26.4 Å². The van der Waals surface area contributed by atoms with Crippen LogP contribution in [0.2, 0.25) is 0 Å². The van der Waals surface area contributed by atoms with Crippen LogP contribution in [0, 0.1) is 6.92 Å². The standard InChI is InChI=1S/C17H15N3O2S3/c1-11-9-24-17(18-11)25-10-16(21)20-13(14-4-2-6-22-14)8-12(19-20)15-5-3-7-23-15/h2-7,9,13H,8,10H2,1H3. The molecule has 0 aromatic carbocycles. The fourth-order valence-corrected chi connectivity index (χ4v) is 5.05. The van der Waals surface area contributed by atoms with Gasteiger partial charge in [0, 0.05) is 17.5 Å². The number of amides is 1. The Kier molecular flexibility index (Phi) is 4.74. The van der Waals surface area contributed by atoms with Crippen LogP contribution in [0.15, 0.2) is 55.1 Å². The first-order valence-corrected chi connectivity index (χ1v) is 10.5. The molecule has 0 saturated heterocycles. The molecule has 1 atom stereocenters. The van der Waals surface area contributed by atoms with Crippen molar-refractivity contribution in [2.24, 2.45) is 5.10 Å². The third-order valence-corrected chi connectivity index (χ3v) is 6.80. The molecule has 8 heteroatoms. The number of hydrogen-bond donors (Lipinski definition) is 0. The fraction of sp³-hybridized carbons (Fsp3) is 0.235. The molecule has 0 spiro atoms. The van der Waals surface area contributed by atoms with Crippen molar-refractivity contribution in [2.45, 2.75) is 23.7 Å². The van der Waals surface area contributed by atoms with Crippen molar-refractivity contribution in [2.75, 3.05) is 5.75 Å². The number of thioether (sulfide) groups is 1. The van der Waals surface area contributed by atoms with Gasteiger partial charge >= 0.3 is 0 Å². The van der Waals surface area contributed by atoms with Gasteiger partial charge in [0.25, 0.3) is 5.91 Å². The van der Waals surface area contributed by atoms with Gasteiger partial charge in [-0.1, -0.05) is 17.8 Å². The highest BCUT2D eigenvalue weighted by molar-refractivity contribution is 8.01. The van der Waals surface area contributed by atoms with E-state index >= 15 is 0 Å². The summed E-state index contributed by atoms with van der Waals surface area (Å²) in [5.41, 5.74) is 1.91. The third kappa shape index (κ3) is 3.56. The predicted octanol–water partition coefficient (Wildman–Crippen LogP) is 4.58. The van der Waals surface area contributed by atoms with Crippen LogP contribution < -0.4 is 0 Å². The lowest BCUT2D eigenvalue weighted by atomic mass is 10.1. The molecule has 4 rings (SSSR count). The number of rotatable bonds is 5. The van der Waals surface area contributed by atoms with E-state index in [9.17, 15) is 4.79 Å². The molecule has 0 saturated carbocycles. The molecule has 1 unspecified atom stereocenters. The summed E-state index contributed by atoms with van der Waals surface area (Å²) in [6, 6.07) is 7.58. The average molecular weight is 390 g/mol. The maximum absolute atomic E-state index is 12.8. The molecule has 1 aliphatic heterocycles. The van der Waals surface area contributed by atoms with Gasteiger partial charge in [0.05, 0.1) is 22.6 Å². The molecule has 0 radical (unpaired) electrons. The van der Waals surface area contributed by atoms with Crippen LogP contribution in [0.4, 0.5) is 0 Å². The van der Waals surface area contributed by atoms with Crippen LogP contribution in [0.25, 0.3) is 0 Å². The molecular weight excluding hydrogens is 374 g/mol. The van der Waals surface area contributed by atoms with Crippen molar-refractivity contribution in [1.82, 2.24) is 9.99 Å². The summed E-state index contributed by atoms with van der Waals surface area (Å²) >= 11 is 4.65. The van der Waals surface area contributed by atoms with Gasteiger partial charge in [-0.05, 0) is 30.5 Å². The monoisotopic (exact) mass is 389 g/mol. The number of thiazole rings is 1. The van der Waals surface area contributed by atoms with E-state index in [0.29, 0.717) is 12.2 Å². The van der Waals surface area contributed by atoms with Gasteiger partial charge in [0.15, 0.2) is 4.34 Å². The van der Waals surface area contributed by atoms with E-state index in [4.69, 9.17) is 4.42 Å². The smallest absolute Gasteiger partial charge is 0.253 e. The number of furan rings is 1. The van der Waals surface area contributed by atoms with Crippen LogP contribution >= 0.6 is 34.4 Å². The molecule has 3 aromatic heterocycles. The van der Waals surface area contributed by atoms with Crippen molar-refractivity contribution >= 4 is 46.1 Å². The summed E-state index contributed by atoms with van der Waals surface area (Å²) in [6.07, 6.45) is 2.30. The average Bonchev–Trinajstić information content (AvgIpc) is 3.38. The van der Waals surface area contributed by atoms with Crippen LogP contribution in [0.1, 0.15) is 28.8 Å². The Morgan fingerprint density at radius 1 is 1.40 bits per heavy atom. The molecule has 4 heterocycles. The molecule has 0 fully saturated rings. The first-order chi connectivity index (χ1) is 12.2.